The van der Waals surface area contributed by atoms with Crippen molar-refractivity contribution in [3.8, 4) is 0 Å². The van der Waals surface area contributed by atoms with E-state index in [1.54, 1.807) is 6.07 Å². The minimum Gasteiger partial charge on any atom is -0.317 e. The zero-order valence-corrected chi connectivity index (χ0v) is 12.0. The molecule has 0 radical (unpaired) electrons. The molecule has 0 fully saturated rings. The summed E-state index contributed by atoms with van der Waals surface area (Å²) >= 11 is 3.36. The summed E-state index contributed by atoms with van der Waals surface area (Å²) in [6, 6.07) is 3.61. The second-order valence-corrected chi connectivity index (χ2v) is 4.94. The molecule has 0 atom stereocenters. The molecule has 0 saturated carbocycles. The predicted octanol–water partition coefficient (Wildman–Crippen LogP) is 2.61. The maximum absolute atomic E-state index is 12.0. The van der Waals surface area contributed by atoms with E-state index in [-0.39, 0.29) is 5.91 Å². The molecule has 0 aliphatic carbocycles. The third-order valence-electron chi connectivity index (χ3n) is 2.98. The molecule has 0 aliphatic rings. The van der Waals surface area contributed by atoms with Gasteiger partial charge in [-0.25, -0.2) is 4.98 Å². The molecule has 0 bridgehead atoms. The number of hydrogen-bond donors (Lipinski definition) is 2. The normalized spacial score (nSPS) is 11.4. The van der Waals surface area contributed by atoms with Crippen LogP contribution in [0.4, 0.5) is 5.82 Å². The van der Waals surface area contributed by atoms with E-state index in [9.17, 15) is 4.79 Å². The fourth-order valence-electron chi connectivity index (χ4n) is 1.43. The van der Waals surface area contributed by atoms with Crippen molar-refractivity contribution in [2.45, 2.75) is 39.2 Å². The third kappa shape index (κ3) is 3.26. The molecule has 4 nitrogen and oxygen atoms in total. The summed E-state index contributed by atoms with van der Waals surface area (Å²) in [6.45, 7) is 5.68. The Morgan fingerprint density at radius 1 is 1.47 bits per heavy atom. The Kier molecular flexibility index (Phi) is 4.65. The average Bonchev–Trinajstić information content (AvgIpc) is 2.32. The summed E-state index contributed by atoms with van der Waals surface area (Å²) in [6.07, 6.45) is 1.20. The van der Waals surface area contributed by atoms with Gasteiger partial charge in [0, 0.05) is 4.47 Å². The van der Waals surface area contributed by atoms with Crippen LogP contribution in [0.3, 0.4) is 0 Å². The first kappa shape index (κ1) is 14.1. The van der Waals surface area contributed by atoms with Gasteiger partial charge in [0.05, 0.1) is 11.2 Å². The lowest BCUT2D eigenvalue weighted by Crippen LogP contribution is -2.50. The smallest absolute Gasteiger partial charge is 0.245 e. The van der Waals surface area contributed by atoms with Crippen LogP contribution in [-0.4, -0.2) is 16.4 Å². The van der Waals surface area contributed by atoms with Gasteiger partial charge in [0.15, 0.2) is 0 Å². The van der Waals surface area contributed by atoms with Crippen molar-refractivity contribution in [1.29, 1.82) is 0 Å². The van der Waals surface area contributed by atoms with Crippen LogP contribution in [0.1, 0.15) is 32.4 Å². The van der Waals surface area contributed by atoms with Gasteiger partial charge in [-0.3, -0.25) is 4.79 Å². The van der Waals surface area contributed by atoms with Crippen molar-refractivity contribution in [3.63, 3.8) is 0 Å². The van der Waals surface area contributed by atoms with Gasteiger partial charge in [0.1, 0.15) is 5.82 Å². The van der Waals surface area contributed by atoms with E-state index < -0.39 is 5.54 Å². The molecule has 1 aromatic heterocycles. The number of nitrogens with two attached hydrogens (primary N) is 1. The van der Waals surface area contributed by atoms with Crippen LogP contribution in [-0.2, 0) is 4.79 Å². The number of aryl methyl sites for hydroxylation is 1. The Morgan fingerprint density at radius 3 is 2.53 bits per heavy atom. The number of pyridine rings is 1. The van der Waals surface area contributed by atoms with E-state index in [0.717, 1.165) is 10.2 Å². The quantitative estimate of drug-likeness (QED) is 0.898. The second kappa shape index (κ2) is 5.60. The van der Waals surface area contributed by atoms with Gasteiger partial charge >= 0.3 is 0 Å². The molecule has 17 heavy (non-hydrogen) atoms. The zero-order chi connectivity index (χ0) is 13.1. The lowest BCUT2D eigenvalue weighted by Gasteiger charge is -2.24. The van der Waals surface area contributed by atoms with E-state index in [0.29, 0.717) is 18.7 Å². The number of nitrogens with zero attached hydrogens (tertiary/aromatic N) is 1. The standard InChI is InChI=1S/C12H18BrN3O/c1-4-12(14,5-2)11(17)16-10-7-6-9(13)8(3)15-10/h6-7H,4-5,14H2,1-3H3,(H,15,16,17). The van der Waals surface area contributed by atoms with Crippen molar-refractivity contribution in [1.82, 2.24) is 4.98 Å². The first-order valence-corrected chi connectivity index (χ1v) is 6.45. The lowest BCUT2D eigenvalue weighted by atomic mass is 9.93. The molecule has 0 unspecified atom stereocenters. The van der Waals surface area contributed by atoms with Crippen LogP contribution in [0.2, 0.25) is 0 Å². The summed E-state index contributed by atoms with van der Waals surface area (Å²) in [4.78, 5) is 16.3. The van der Waals surface area contributed by atoms with Gasteiger partial charge in [-0.05, 0) is 47.8 Å². The molecular formula is C12H18BrN3O. The summed E-state index contributed by atoms with van der Waals surface area (Å²) in [7, 11) is 0. The number of aromatic nitrogens is 1. The lowest BCUT2D eigenvalue weighted by molar-refractivity contribution is -0.121. The first-order valence-electron chi connectivity index (χ1n) is 5.66. The maximum Gasteiger partial charge on any atom is 0.245 e. The Hall–Kier alpha value is -0.940. The highest BCUT2D eigenvalue weighted by molar-refractivity contribution is 9.10. The molecule has 0 aromatic carbocycles. The molecular weight excluding hydrogens is 282 g/mol. The number of rotatable bonds is 4. The molecule has 0 saturated heterocycles. The van der Waals surface area contributed by atoms with Crippen LogP contribution in [0.25, 0.3) is 0 Å². The summed E-state index contributed by atoms with van der Waals surface area (Å²) in [5.74, 6) is 0.351. The molecule has 0 aliphatic heterocycles. The van der Waals surface area contributed by atoms with Crippen LogP contribution in [0, 0.1) is 6.92 Å². The Labute approximate surface area is 110 Å². The summed E-state index contributed by atoms with van der Waals surface area (Å²) in [5.41, 5.74) is 6.02. The number of hydrogen-bond acceptors (Lipinski definition) is 3. The fraction of sp³-hybridized carbons (Fsp3) is 0.500. The molecule has 3 N–H and O–H groups in total. The summed E-state index contributed by atoms with van der Waals surface area (Å²) in [5, 5.41) is 2.76. The Morgan fingerprint density at radius 2 is 2.06 bits per heavy atom. The van der Waals surface area contributed by atoms with Gasteiger partial charge in [0.2, 0.25) is 5.91 Å². The third-order valence-corrected chi connectivity index (χ3v) is 3.82. The van der Waals surface area contributed by atoms with Crippen LogP contribution < -0.4 is 11.1 Å². The SMILES string of the molecule is CCC(N)(CC)C(=O)Nc1ccc(Br)c(C)n1. The second-order valence-electron chi connectivity index (χ2n) is 4.08. The van der Waals surface area contributed by atoms with Crippen molar-refractivity contribution in [2.24, 2.45) is 5.73 Å². The van der Waals surface area contributed by atoms with Crippen LogP contribution in [0.15, 0.2) is 16.6 Å². The molecule has 1 aromatic rings. The zero-order valence-electron chi connectivity index (χ0n) is 10.4. The monoisotopic (exact) mass is 299 g/mol. The number of carbonyl (C=O) groups is 1. The highest BCUT2D eigenvalue weighted by Gasteiger charge is 2.30. The highest BCUT2D eigenvalue weighted by Crippen LogP contribution is 2.18. The van der Waals surface area contributed by atoms with E-state index in [4.69, 9.17) is 5.73 Å². The molecule has 5 heteroatoms. The van der Waals surface area contributed by atoms with Gasteiger partial charge < -0.3 is 11.1 Å². The topological polar surface area (TPSA) is 68.0 Å². The average molecular weight is 300 g/mol. The minimum absolute atomic E-state index is 0.184. The molecule has 1 amide bonds. The molecule has 1 rings (SSSR count). The molecule has 1 heterocycles. The maximum atomic E-state index is 12.0. The Bertz CT molecular complexity index is 416. The van der Waals surface area contributed by atoms with Crippen molar-refractivity contribution in [2.75, 3.05) is 5.32 Å². The predicted molar refractivity (Wildman–Crippen MR) is 72.8 cm³/mol. The van der Waals surface area contributed by atoms with Gasteiger partial charge in [-0.15, -0.1) is 0 Å². The minimum atomic E-state index is -0.817. The van der Waals surface area contributed by atoms with Crippen molar-refractivity contribution < 1.29 is 4.79 Å². The van der Waals surface area contributed by atoms with Crippen LogP contribution in [0.5, 0.6) is 0 Å². The fourth-order valence-corrected chi connectivity index (χ4v) is 1.65. The number of nitrogens with one attached hydrogen (secondary N) is 1. The Balaban J connectivity index is 2.84. The van der Waals surface area contributed by atoms with Gasteiger partial charge in [-0.1, -0.05) is 13.8 Å². The van der Waals surface area contributed by atoms with Crippen LogP contribution >= 0.6 is 15.9 Å². The number of carbonyl (C=O) groups excluding carboxylic acids is 1. The number of halogens is 1. The van der Waals surface area contributed by atoms with E-state index in [1.807, 2.05) is 26.8 Å². The molecule has 94 valence electrons. The van der Waals surface area contributed by atoms with E-state index in [1.165, 1.54) is 0 Å². The van der Waals surface area contributed by atoms with Crippen molar-refractivity contribution in [3.05, 3.63) is 22.3 Å². The first-order chi connectivity index (χ1) is 7.92. The highest BCUT2D eigenvalue weighted by atomic mass is 79.9. The summed E-state index contributed by atoms with van der Waals surface area (Å²) < 4.78 is 0.917. The molecule has 0 spiro atoms. The van der Waals surface area contributed by atoms with E-state index >= 15 is 0 Å². The van der Waals surface area contributed by atoms with Gasteiger partial charge in [0.25, 0.3) is 0 Å². The number of amides is 1. The van der Waals surface area contributed by atoms with E-state index in [2.05, 4.69) is 26.2 Å². The van der Waals surface area contributed by atoms with Crippen molar-refractivity contribution >= 4 is 27.7 Å². The van der Waals surface area contributed by atoms with Gasteiger partial charge in [-0.2, -0.15) is 0 Å². The number of anilines is 1. The largest absolute Gasteiger partial charge is 0.317 e.